The first-order valence-electron chi connectivity index (χ1n) is 7.61. The van der Waals surface area contributed by atoms with Gasteiger partial charge in [0.1, 0.15) is 0 Å². The number of rotatable bonds is 6. The van der Waals surface area contributed by atoms with Gasteiger partial charge in [0.2, 0.25) is 0 Å². The summed E-state index contributed by atoms with van der Waals surface area (Å²) < 4.78 is 5.77. The van der Waals surface area contributed by atoms with E-state index in [1.807, 2.05) is 6.92 Å². The second kappa shape index (κ2) is 7.75. The summed E-state index contributed by atoms with van der Waals surface area (Å²) in [7, 11) is 1.80. The zero-order chi connectivity index (χ0) is 15.1. The van der Waals surface area contributed by atoms with Crippen molar-refractivity contribution in [2.24, 2.45) is 4.99 Å². The van der Waals surface area contributed by atoms with E-state index in [0.717, 1.165) is 57.0 Å². The van der Waals surface area contributed by atoms with Crippen LogP contribution in [0.5, 0.6) is 0 Å². The van der Waals surface area contributed by atoms with E-state index in [4.69, 9.17) is 4.74 Å². The summed E-state index contributed by atoms with van der Waals surface area (Å²) in [6.07, 6.45) is 4.34. The smallest absolute Gasteiger partial charge is 0.191 e. The lowest BCUT2D eigenvalue weighted by Crippen LogP contribution is -2.45. The molecule has 0 aliphatic carbocycles. The average Bonchev–Trinajstić information content (AvgIpc) is 3.07. The number of nitrogens with one attached hydrogen (secondary N) is 2. The monoisotopic (exact) mass is 310 g/mol. The highest BCUT2D eigenvalue weighted by Crippen LogP contribution is 2.23. The maximum atomic E-state index is 5.77. The molecule has 1 aliphatic rings. The normalized spacial score (nSPS) is 22.5. The molecule has 0 bridgehead atoms. The Kier molecular flexibility index (Phi) is 5.99. The second-order valence-corrected chi connectivity index (χ2v) is 6.68. The molecule has 5 nitrogen and oxygen atoms in total. The van der Waals surface area contributed by atoms with Crippen molar-refractivity contribution in [2.75, 3.05) is 26.7 Å². The zero-order valence-electron chi connectivity index (χ0n) is 13.2. The molecule has 1 aromatic heterocycles. The third kappa shape index (κ3) is 5.28. The van der Waals surface area contributed by atoms with Gasteiger partial charge in [0.05, 0.1) is 10.6 Å². The maximum absolute atomic E-state index is 5.77. The first-order chi connectivity index (χ1) is 10.1. The molecule has 1 fully saturated rings. The van der Waals surface area contributed by atoms with Crippen LogP contribution >= 0.6 is 11.3 Å². The summed E-state index contributed by atoms with van der Waals surface area (Å²) in [5.74, 6) is 0.849. The Morgan fingerprint density at radius 2 is 2.38 bits per heavy atom. The van der Waals surface area contributed by atoms with E-state index < -0.39 is 0 Å². The standard InChI is InChI=1S/C15H26N4OS/c1-12-10-21-13(19-12)6-4-8-17-14(16-3)18-11-15(2)7-5-9-20-15/h10H,4-9,11H2,1-3H3,(H2,16,17,18). The van der Waals surface area contributed by atoms with E-state index >= 15 is 0 Å². The molecular weight excluding hydrogens is 284 g/mol. The van der Waals surface area contributed by atoms with Crippen molar-refractivity contribution >= 4 is 17.3 Å². The Morgan fingerprint density at radius 1 is 1.52 bits per heavy atom. The summed E-state index contributed by atoms with van der Waals surface area (Å²) in [6.45, 7) is 6.77. The molecular formula is C15H26N4OS. The van der Waals surface area contributed by atoms with Gasteiger partial charge in [-0.2, -0.15) is 0 Å². The lowest BCUT2D eigenvalue weighted by atomic mass is 10.0. The highest BCUT2D eigenvalue weighted by molar-refractivity contribution is 7.09. The summed E-state index contributed by atoms with van der Waals surface area (Å²) in [5.41, 5.74) is 1.07. The van der Waals surface area contributed by atoms with Gasteiger partial charge in [-0.25, -0.2) is 4.98 Å². The number of aromatic nitrogens is 1. The van der Waals surface area contributed by atoms with Crippen LogP contribution in [0.2, 0.25) is 0 Å². The number of hydrogen-bond donors (Lipinski definition) is 2. The molecule has 118 valence electrons. The Labute approximate surface area is 131 Å². The number of nitrogens with zero attached hydrogens (tertiary/aromatic N) is 2. The molecule has 21 heavy (non-hydrogen) atoms. The minimum Gasteiger partial charge on any atom is -0.373 e. The molecule has 0 radical (unpaired) electrons. The topological polar surface area (TPSA) is 58.5 Å². The molecule has 1 aliphatic heterocycles. The van der Waals surface area contributed by atoms with Crippen LogP contribution in [0.1, 0.15) is 36.9 Å². The van der Waals surface area contributed by atoms with Gasteiger partial charge in [0.15, 0.2) is 5.96 Å². The molecule has 1 unspecified atom stereocenters. The Bertz CT molecular complexity index is 466. The highest BCUT2D eigenvalue weighted by Gasteiger charge is 2.29. The van der Waals surface area contributed by atoms with Crippen molar-refractivity contribution in [3.63, 3.8) is 0 Å². The average molecular weight is 310 g/mol. The molecule has 1 aromatic rings. The molecule has 2 rings (SSSR count). The minimum absolute atomic E-state index is 0.0456. The quantitative estimate of drug-likeness (QED) is 0.480. The molecule has 2 N–H and O–H groups in total. The lowest BCUT2D eigenvalue weighted by Gasteiger charge is -2.24. The van der Waals surface area contributed by atoms with Crippen molar-refractivity contribution in [1.82, 2.24) is 15.6 Å². The van der Waals surface area contributed by atoms with Crippen LogP contribution in [-0.2, 0) is 11.2 Å². The number of aryl methyl sites for hydroxylation is 2. The van der Waals surface area contributed by atoms with Gasteiger partial charge in [-0.1, -0.05) is 0 Å². The molecule has 0 amide bonds. The van der Waals surface area contributed by atoms with E-state index in [-0.39, 0.29) is 5.60 Å². The summed E-state index contributed by atoms with van der Waals surface area (Å²) in [4.78, 5) is 8.73. The van der Waals surface area contributed by atoms with Crippen molar-refractivity contribution in [1.29, 1.82) is 0 Å². The third-order valence-corrected chi connectivity index (χ3v) is 4.71. The lowest BCUT2D eigenvalue weighted by molar-refractivity contribution is 0.0243. The van der Waals surface area contributed by atoms with Crippen molar-refractivity contribution < 1.29 is 4.74 Å². The van der Waals surface area contributed by atoms with Crippen LogP contribution in [0.25, 0.3) is 0 Å². The predicted octanol–water partition coefficient (Wildman–Crippen LogP) is 2.12. The van der Waals surface area contributed by atoms with Crippen LogP contribution in [0.15, 0.2) is 10.4 Å². The largest absolute Gasteiger partial charge is 0.373 e. The fourth-order valence-corrected chi connectivity index (χ4v) is 3.25. The predicted molar refractivity (Wildman–Crippen MR) is 88.1 cm³/mol. The van der Waals surface area contributed by atoms with E-state index in [1.54, 1.807) is 18.4 Å². The molecule has 0 spiro atoms. The molecule has 0 aromatic carbocycles. The van der Waals surface area contributed by atoms with Gasteiger partial charge in [0, 0.05) is 44.2 Å². The van der Waals surface area contributed by atoms with Gasteiger partial charge in [0.25, 0.3) is 0 Å². The molecule has 2 heterocycles. The van der Waals surface area contributed by atoms with Crippen molar-refractivity contribution in [2.45, 2.75) is 45.1 Å². The first kappa shape index (κ1) is 16.2. The van der Waals surface area contributed by atoms with Gasteiger partial charge in [-0.05, 0) is 33.1 Å². The Balaban J connectivity index is 1.63. The van der Waals surface area contributed by atoms with Crippen LogP contribution in [0.3, 0.4) is 0 Å². The number of ether oxygens (including phenoxy) is 1. The Morgan fingerprint density at radius 3 is 3.00 bits per heavy atom. The van der Waals surface area contributed by atoms with E-state index in [1.165, 1.54) is 5.01 Å². The van der Waals surface area contributed by atoms with Crippen molar-refractivity contribution in [3.8, 4) is 0 Å². The summed E-state index contributed by atoms with van der Waals surface area (Å²) in [6, 6.07) is 0. The SMILES string of the molecule is CN=C(NCCCc1nc(C)cs1)NCC1(C)CCCO1. The van der Waals surface area contributed by atoms with Gasteiger partial charge < -0.3 is 15.4 Å². The number of aliphatic imine (C=N–C) groups is 1. The molecule has 1 atom stereocenters. The number of guanidine groups is 1. The molecule has 0 saturated carbocycles. The molecule has 6 heteroatoms. The Hall–Kier alpha value is -1.14. The van der Waals surface area contributed by atoms with Crippen LogP contribution in [-0.4, -0.2) is 43.3 Å². The highest BCUT2D eigenvalue weighted by atomic mass is 32.1. The van der Waals surface area contributed by atoms with Crippen LogP contribution < -0.4 is 10.6 Å². The van der Waals surface area contributed by atoms with E-state index in [0.29, 0.717) is 0 Å². The number of thiazole rings is 1. The zero-order valence-corrected chi connectivity index (χ0v) is 14.1. The fourth-order valence-electron chi connectivity index (χ4n) is 2.43. The van der Waals surface area contributed by atoms with Gasteiger partial charge >= 0.3 is 0 Å². The number of hydrogen-bond acceptors (Lipinski definition) is 4. The molecule has 1 saturated heterocycles. The summed E-state index contributed by atoms with van der Waals surface area (Å²) in [5, 5.41) is 10.0. The first-order valence-corrected chi connectivity index (χ1v) is 8.49. The maximum Gasteiger partial charge on any atom is 0.191 e. The minimum atomic E-state index is -0.0456. The van der Waals surface area contributed by atoms with Gasteiger partial charge in [-0.3, -0.25) is 4.99 Å². The second-order valence-electron chi connectivity index (χ2n) is 5.74. The van der Waals surface area contributed by atoms with E-state index in [9.17, 15) is 0 Å². The van der Waals surface area contributed by atoms with Crippen molar-refractivity contribution in [3.05, 3.63) is 16.1 Å². The van der Waals surface area contributed by atoms with Crippen LogP contribution in [0, 0.1) is 6.92 Å². The fraction of sp³-hybridized carbons (Fsp3) is 0.733. The van der Waals surface area contributed by atoms with Crippen LogP contribution in [0.4, 0.5) is 0 Å². The van der Waals surface area contributed by atoms with E-state index in [2.05, 4.69) is 32.9 Å². The third-order valence-electron chi connectivity index (χ3n) is 3.68. The van der Waals surface area contributed by atoms with Gasteiger partial charge in [-0.15, -0.1) is 11.3 Å². The summed E-state index contributed by atoms with van der Waals surface area (Å²) >= 11 is 1.74.